The average molecular weight is 533 g/mol. The van der Waals surface area contributed by atoms with E-state index in [-0.39, 0.29) is 0 Å². The molecule has 0 saturated carbocycles. The van der Waals surface area contributed by atoms with Gasteiger partial charge in [0.15, 0.2) is 0 Å². The van der Waals surface area contributed by atoms with Gasteiger partial charge in [-0.3, -0.25) is 0 Å². The lowest BCUT2D eigenvalue weighted by Gasteiger charge is -2.20. The topological polar surface area (TPSA) is 0 Å². The van der Waals surface area contributed by atoms with Crippen molar-refractivity contribution in [2.24, 2.45) is 0 Å². The predicted molar refractivity (Wildman–Crippen MR) is 181 cm³/mol. The minimum Gasteiger partial charge on any atom is -0.0622 e. The number of hydrogen-bond donors (Lipinski definition) is 0. The lowest BCUT2D eigenvalue weighted by Crippen LogP contribution is -1.92. The Balaban J connectivity index is 1.50. The molecule has 196 valence electrons. The Morgan fingerprint density at radius 2 is 0.667 bits per heavy atom. The molecule has 8 aromatic rings. The first kappa shape index (κ1) is 24.3. The molecule has 0 aliphatic carbocycles. The fourth-order valence-corrected chi connectivity index (χ4v) is 6.59. The molecule has 0 atom stereocenters. The summed E-state index contributed by atoms with van der Waals surface area (Å²) >= 11 is 0. The molecular formula is C42H28. The van der Waals surface area contributed by atoms with Crippen LogP contribution in [0.1, 0.15) is 0 Å². The van der Waals surface area contributed by atoms with Crippen LogP contribution in [0.4, 0.5) is 0 Å². The van der Waals surface area contributed by atoms with Crippen molar-refractivity contribution in [3.05, 3.63) is 170 Å². The van der Waals surface area contributed by atoms with Gasteiger partial charge in [0.2, 0.25) is 0 Å². The van der Waals surface area contributed by atoms with Gasteiger partial charge in [-0.15, -0.1) is 0 Å². The van der Waals surface area contributed by atoms with Gasteiger partial charge in [0.1, 0.15) is 0 Å². The Morgan fingerprint density at radius 3 is 1.19 bits per heavy atom. The maximum absolute atomic E-state index is 2.41. The van der Waals surface area contributed by atoms with Gasteiger partial charge in [-0.1, -0.05) is 158 Å². The molecule has 8 rings (SSSR count). The van der Waals surface area contributed by atoms with Crippen LogP contribution in [0, 0.1) is 0 Å². The first-order valence-electron chi connectivity index (χ1n) is 14.5. The number of fused-ring (bicyclic) bond motifs is 3. The molecule has 0 heteroatoms. The number of rotatable bonds is 4. The molecule has 0 radical (unpaired) electrons. The van der Waals surface area contributed by atoms with E-state index in [0.717, 1.165) is 0 Å². The summed E-state index contributed by atoms with van der Waals surface area (Å²) in [6.45, 7) is 0. The van der Waals surface area contributed by atoms with Crippen LogP contribution in [-0.2, 0) is 0 Å². The van der Waals surface area contributed by atoms with Crippen molar-refractivity contribution < 1.29 is 0 Å². The van der Waals surface area contributed by atoms with Crippen LogP contribution >= 0.6 is 0 Å². The Hall–Kier alpha value is -5.46. The van der Waals surface area contributed by atoms with Gasteiger partial charge in [-0.05, 0) is 89.0 Å². The summed E-state index contributed by atoms with van der Waals surface area (Å²) in [5.41, 5.74) is 10.0. The zero-order valence-electron chi connectivity index (χ0n) is 23.2. The van der Waals surface area contributed by atoms with Crippen LogP contribution in [-0.4, -0.2) is 0 Å². The van der Waals surface area contributed by atoms with Crippen LogP contribution in [0.2, 0.25) is 0 Å². The van der Waals surface area contributed by atoms with Gasteiger partial charge in [0, 0.05) is 0 Å². The summed E-state index contributed by atoms with van der Waals surface area (Å²) in [5, 5.41) is 7.61. The molecule has 0 saturated heterocycles. The molecule has 0 amide bonds. The summed E-state index contributed by atoms with van der Waals surface area (Å²) < 4.78 is 0. The predicted octanol–water partition coefficient (Wildman–Crippen LogP) is 11.8. The Kier molecular flexibility index (Phi) is 5.90. The van der Waals surface area contributed by atoms with Crippen LogP contribution in [0.3, 0.4) is 0 Å². The van der Waals surface area contributed by atoms with Crippen molar-refractivity contribution in [1.82, 2.24) is 0 Å². The molecule has 0 spiro atoms. The smallest absolute Gasteiger partial charge is 0.00201 e. The quantitative estimate of drug-likeness (QED) is 0.198. The first-order valence-corrected chi connectivity index (χ1v) is 14.5. The average Bonchev–Trinajstić information content (AvgIpc) is 3.07. The van der Waals surface area contributed by atoms with Crippen molar-refractivity contribution in [1.29, 1.82) is 0 Å². The fourth-order valence-electron chi connectivity index (χ4n) is 6.59. The molecule has 0 bridgehead atoms. The molecule has 0 heterocycles. The second kappa shape index (κ2) is 10.2. The molecule has 8 aromatic carbocycles. The molecule has 42 heavy (non-hydrogen) atoms. The number of benzene rings is 8. The van der Waals surface area contributed by atoms with E-state index in [2.05, 4.69) is 170 Å². The van der Waals surface area contributed by atoms with Crippen molar-refractivity contribution in [3.63, 3.8) is 0 Å². The van der Waals surface area contributed by atoms with E-state index in [0.29, 0.717) is 0 Å². The van der Waals surface area contributed by atoms with Crippen LogP contribution in [0.25, 0.3) is 76.8 Å². The van der Waals surface area contributed by atoms with E-state index in [9.17, 15) is 0 Å². The summed E-state index contributed by atoms with van der Waals surface area (Å²) in [6.07, 6.45) is 0. The second-order valence-corrected chi connectivity index (χ2v) is 10.9. The third kappa shape index (κ3) is 4.00. The van der Waals surface area contributed by atoms with Gasteiger partial charge >= 0.3 is 0 Å². The van der Waals surface area contributed by atoms with E-state index in [1.165, 1.54) is 76.8 Å². The molecule has 0 N–H and O–H groups in total. The van der Waals surface area contributed by atoms with E-state index in [1.54, 1.807) is 0 Å². The highest BCUT2D eigenvalue weighted by Gasteiger charge is 2.19. The highest BCUT2D eigenvalue weighted by atomic mass is 14.2. The molecule has 0 nitrogen and oxygen atoms in total. The van der Waals surface area contributed by atoms with Gasteiger partial charge in [0.05, 0.1) is 0 Å². The van der Waals surface area contributed by atoms with E-state index >= 15 is 0 Å². The summed E-state index contributed by atoms with van der Waals surface area (Å²) in [7, 11) is 0. The number of hydrogen-bond acceptors (Lipinski definition) is 0. The largest absolute Gasteiger partial charge is 0.0622 e. The minimum atomic E-state index is 1.22. The summed E-state index contributed by atoms with van der Waals surface area (Å²) in [4.78, 5) is 0. The van der Waals surface area contributed by atoms with Crippen molar-refractivity contribution >= 4 is 32.3 Å². The molecular weight excluding hydrogens is 504 g/mol. The van der Waals surface area contributed by atoms with Gasteiger partial charge < -0.3 is 0 Å². The Morgan fingerprint density at radius 1 is 0.238 bits per heavy atom. The molecule has 0 fully saturated rings. The lowest BCUT2D eigenvalue weighted by atomic mass is 9.83. The molecule has 0 aliphatic rings. The van der Waals surface area contributed by atoms with Gasteiger partial charge in [-0.25, -0.2) is 0 Å². The van der Waals surface area contributed by atoms with Gasteiger partial charge in [-0.2, -0.15) is 0 Å². The third-order valence-electron chi connectivity index (χ3n) is 8.45. The standard InChI is InChI=1S/C42H28/c1-4-15-29(16-5-1)38-27-32-21-14-26-37(40(32)28-39(38)30-17-6-2-7-18-30)42-35-24-12-10-22-33(35)41(31-19-8-3-9-20-31)34-23-11-13-25-36(34)42/h1-28H. The molecule has 0 aliphatic heterocycles. The van der Waals surface area contributed by atoms with E-state index < -0.39 is 0 Å². The Labute approximate surface area is 246 Å². The lowest BCUT2D eigenvalue weighted by molar-refractivity contribution is 1.60. The fraction of sp³-hybridized carbons (Fsp3) is 0. The SMILES string of the molecule is c1ccc(-c2cc3cccc(-c4c5ccccc5c(-c5ccccc5)c5ccccc45)c3cc2-c2ccccc2)cc1. The van der Waals surface area contributed by atoms with E-state index in [1.807, 2.05) is 0 Å². The zero-order valence-corrected chi connectivity index (χ0v) is 23.2. The Bertz CT molecular complexity index is 2150. The maximum Gasteiger partial charge on any atom is -0.00201 e. The van der Waals surface area contributed by atoms with Crippen molar-refractivity contribution in [2.45, 2.75) is 0 Å². The first-order chi connectivity index (χ1) is 20.9. The molecule has 0 unspecified atom stereocenters. The summed E-state index contributed by atoms with van der Waals surface area (Å²) in [5.74, 6) is 0. The monoisotopic (exact) mass is 532 g/mol. The second-order valence-electron chi connectivity index (χ2n) is 10.9. The normalized spacial score (nSPS) is 11.3. The molecule has 0 aromatic heterocycles. The van der Waals surface area contributed by atoms with Crippen molar-refractivity contribution in [3.8, 4) is 44.5 Å². The minimum absolute atomic E-state index is 1.22. The highest BCUT2D eigenvalue weighted by molar-refractivity contribution is 6.23. The van der Waals surface area contributed by atoms with Crippen LogP contribution in [0.15, 0.2) is 170 Å². The maximum atomic E-state index is 2.41. The van der Waals surface area contributed by atoms with Gasteiger partial charge in [0.25, 0.3) is 0 Å². The third-order valence-corrected chi connectivity index (χ3v) is 8.45. The highest BCUT2D eigenvalue weighted by Crippen LogP contribution is 2.46. The van der Waals surface area contributed by atoms with Crippen LogP contribution in [0.5, 0.6) is 0 Å². The van der Waals surface area contributed by atoms with Crippen molar-refractivity contribution in [2.75, 3.05) is 0 Å². The van der Waals surface area contributed by atoms with E-state index in [4.69, 9.17) is 0 Å². The van der Waals surface area contributed by atoms with Crippen LogP contribution < -0.4 is 0 Å². The summed E-state index contributed by atoms with van der Waals surface area (Å²) in [6, 6.07) is 61.7. The zero-order chi connectivity index (χ0) is 27.9.